The second-order valence-electron chi connectivity index (χ2n) is 5.85. The Balaban J connectivity index is 0.00000156. The standard InChI is InChI=1S/C17H18N4O.ClH/c1-11-13-5-3-4-6-16(13)21-15(11)7-8-20(17(21)22)9-14-12(2)18-10-19-14;/h3-6,10H,7-9H2,1-2H3,(H,18,19);1H. The molecule has 0 saturated heterocycles. The van der Waals surface area contributed by atoms with E-state index in [-0.39, 0.29) is 18.4 Å². The van der Waals surface area contributed by atoms with Gasteiger partial charge in [0, 0.05) is 29.7 Å². The Hall–Kier alpha value is -2.27. The van der Waals surface area contributed by atoms with Crippen LogP contribution in [0.25, 0.3) is 10.9 Å². The molecule has 0 aliphatic carbocycles. The van der Waals surface area contributed by atoms with Crippen LogP contribution >= 0.6 is 12.4 Å². The van der Waals surface area contributed by atoms with Crippen molar-refractivity contribution in [2.75, 3.05) is 6.54 Å². The highest BCUT2D eigenvalue weighted by molar-refractivity contribution is 5.96. The van der Waals surface area contributed by atoms with Crippen LogP contribution in [0.15, 0.2) is 30.6 Å². The second-order valence-corrected chi connectivity index (χ2v) is 5.85. The quantitative estimate of drug-likeness (QED) is 0.782. The number of halogens is 1. The summed E-state index contributed by atoms with van der Waals surface area (Å²) in [6.07, 6.45) is 2.56. The van der Waals surface area contributed by atoms with Gasteiger partial charge in [0.05, 0.1) is 24.1 Å². The highest BCUT2D eigenvalue weighted by Crippen LogP contribution is 2.29. The van der Waals surface area contributed by atoms with E-state index in [9.17, 15) is 4.79 Å². The molecule has 2 aromatic heterocycles. The van der Waals surface area contributed by atoms with Gasteiger partial charge >= 0.3 is 6.03 Å². The summed E-state index contributed by atoms with van der Waals surface area (Å²) in [5, 5.41) is 1.17. The number of aromatic amines is 1. The highest BCUT2D eigenvalue weighted by Gasteiger charge is 2.28. The van der Waals surface area contributed by atoms with Crippen LogP contribution < -0.4 is 0 Å². The zero-order valence-corrected chi connectivity index (χ0v) is 14.0. The summed E-state index contributed by atoms with van der Waals surface area (Å²) in [5.74, 6) is 0. The number of nitrogens with one attached hydrogen (secondary N) is 1. The number of aromatic nitrogens is 3. The maximum atomic E-state index is 12.9. The van der Waals surface area contributed by atoms with Crippen LogP contribution in [-0.4, -0.2) is 32.0 Å². The molecule has 1 N–H and O–H groups in total. The molecular weight excluding hydrogens is 312 g/mol. The maximum Gasteiger partial charge on any atom is 0.329 e. The van der Waals surface area contributed by atoms with Crippen molar-refractivity contribution in [1.29, 1.82) is 0 Å². The number of hydrogen-bond acceptors (Lipinski definition) is 2. The first-order valence-electron chi connectivity index (χ1n) is 7.54. The molecule has 1 aliphatic heterocycles. The predicted octanol–water partition coefficient (Wildman–Crippen LogP) is 3.43. The summed E-state index contributed by atoms with van der Waals surface area (Å²) in [4.78, 5) is 22.2. The predicted molar refractivity (Wildman–Crippen MR) is 92.2 cm³/mol. The van der Waals surface area contributed by atoms with Gasteiger partial charge in [0.15, 0.2) is 0 Å². The summed E-state index contributed by atoms with van der Waals surface area (Å²) in [6, 6.07) is 8.17. The molecule has 0 radical (unpaired) electrons. The van der Waals surface area contributed by atoms with Crippen LogP contribution in [0.4, 0.5) is 4.79 Å². The van der Waals surface area contributed by atoms with Gasteiger partial charge in [0.2, 0.25) is 0 Å². The number of aryl methyl sites for hydroxylation is 2. The molecule has 23 heavy (non-hydrogen) atoms. The molecule has 1 aliphatic rings. The minimum atomic E-state index is 0. The van der Waals surface area contributed by atoms with E-state index in [0.717, 1.165) is 35.6 Å². The van der Waals surface area contributed by atoms with Crippen LogP contribution in [0.2, 0.25) is 0 Å². The van der Waals surface area contributed by atoms with Crippen molar-refractivity contribution in [1.82, 2.24) is 19.4 Å². The van der Waals surface area contributed by atoms with Crippen molar-refractivity contribution in [3.05, 3.63) is 53.2 Å². The van der Waals surface area contributed by atoms with Crippen LogP contribution in [-0.2, 0) is 13.0 Å². The van der Waals surface area contributed by atoms with Crippen molar-refractivity contribution >= 4 is 29.3 Å². The lowest BCUT2D eigenvalue weighted by Crippen LogP contribution is -2.41. The lowest BCUT2D eigenvalue weighted by Gasteiger charge is -2.28. The number of imidazole rings is 1. The van der Waals surface area contributed by atoms with Crippen LogP contribution in [0.3, 0.4) is 0 Å². The van der Waals surface area contributed by atoms with Crippen LogP contribution in [0.5, 0.6) is 0 Å². The van der Waals surface area contributed by atoms with Gasteiger partial charge in [-0.1, -0.05) is 18.2 Å². The maximum absolute atomic E-state index is 12.9. The molecule has 0 bridgehead atoms. The number of carbonyl (C=O) groups excluding carboxylic acids is 1. The van der Waals surface area contributed by atoms with Crippen LogP contribution in [0, 0.1) is 13.8 Å². The molecule has 0 atom stereocenters. The van der Waals surface area contributed by atoms with Crippen molar-refractivity contribution in [3.63, 3.8) is 0 Å². The van der Waals surface area contributed by atoms with Crippen molar-refractivity contribution < 1.29 is 4.79 Å². The van der Waals surface area contributed by atoms with E-state index in [1.54, 1.807) is 6.33 Å². The minimum Gasteiger partial charge on any atom is -0.348 e. The summed E-state index contributed by atoms with van der Waals surface area (Å²) in [6.45, 7) is 5.38. The first-order valence-corrected chi connectivity index (χ1v) is 7.54. The second kappa shape index (κ2) is 5.74. The van der Waals surface area contributed by atoms with Gasteiger partial charge in [-0.3, -0.25) is 4.57 Å². The average molecular weight is 331 g/mol. The number of para-hydroxylation sites is 1. The number of rotatable bonds is 2. The molecule has 0 saturated carbocycles. The number of benzene rings is 1. The smallest absolute Gasteiger partial charge is 0.329 e. The van der Waals surface area contributed by atoms with E-state index in [1.807, 2.05) is 34.6 Å². The molecule has 6 heteroatoms. The first kappa shape index (κ1) is 15.6. The SMILES string of the molecule is Cc1[nH]cnc1CN1CCc2c(C)c3ccccc3n2C1=O.Cl. The summed E-state index contributed by atoms with van der Waals surface area (Å²) in [7, 11) is 0. The summed E-state index contributed by atoms with van der Waals surface area (Å²) < 4.78 is 1.87. The van der Waals surface area contributed by atoms with Crippen LogP contribution in [0.1, 0.15) is 22.6 Å². The van der Waals surface area contributed by atoms with Gasteiger partial charge in [0.25, 0.3) is 0 Å². The van der Waals surface area contributed by atoms with Gasteiger partial charge in [-0.2, -0.15) is 0 Å². The lowest BCUT2D eigenvalue weighted by molar-refractivity contribution is 0.190. The Morgan fingerprint density at radius 1 is 1.26 bits per heavy atom. The third kappa shape index (κ3) is 2.32. The molecule has 1 amide bonds. The summed E-state index contributed by atoms with van der Waals surface area (Å²) >= 11 is 0. The zero-order valence-electron chi connectivity index (χ0n) is 13.2. The third-order valence-electron chi connectivity index (χ3n) is 4.61. The topological polar surface area (TPSA) is 53.9 Å². The fourth-order valence-corrected chi connectivity index (χ4v) is 3.32. The Morgan fingerprint density at radius 2 is 2.04 bits per heavy atom. The number of carbonyl (C=O) groups is 1. The number of fused-ring (bicyclic) bond motifs is 3. The van der Waals surface area contributed by atoms with E-state index >= 15 is 0 Å². The fourth-order valence-electron chi connectivity index (χ4n) is 3.32. The average Bonchev–Trinajstić information content (AvgIpc) is 3.05. The Bertz CT molecular complexity index is 880. The molecule has 3 aromatic rings. The Labute approximate surface area is 140 Å². The van der Waals surface area contributed by atoms with E-state index in [4.69, 9.17) is 0 Å². The molecule has 1 aromatic carbocycles. The number of H-pyrrole nitrogens is 1. The van der Waals surface area contributed by atoms with E-state index < -0.39 is 0 Å². The number of amides is 1. The minimum absolute atomic E-state index is 0. The molecular formula is C17H19ClN4O. The molecule has 120 valence electrons. The Kier molecular flexibility index (Phi) is 3.90. The van der Waals surface area contributed by atoms with Gasteiger partial charge in [-0.15, -0.1) is 12.4 Å². The van der Waals surface area contributed by atoms with Crippen molar-refractivity contribution in [3.8, 4) is 0 Å². The molecule has 0 spiro atoms. The lowest BCUT2D eigenvalue weighted by atomic mass is 10.1. The normalized spacial score (nSPS) is 14.0. The first-order chi connectivity index (χ1) is 10.7. The largest absolute Gasteiger partial charge is 0.348 e. The van der Waals surface area contributed by atoms with Gasteiger partial charge in [-0.05, 0) is 25.5 Å². The molecule has 3 heterocycles. The third-order valence-corrected chi connectivity index (χ3v) is 4.61. The van der Waals surface area contributed by atoms with Gasteiger partial charge in [0.1, 0.15) is 0 Å². The number of nitrogens with zero attached hydrogens (tertiary/aromatic N) is 3. The summed E-state index contributed by atoms with van der Waals surface area (Å²) in [5.41, 5.74) is 5.32. The zero-order chi connectivity index (χ0) is 15.3. The fraction of sp³-hybridized carbons (Fsp3) is 0.294. The monoisotopic (exact) mass is 330 g/mol. The highest BCUT2D eigenvalue weighted by atomic mass is 35.5. The van der Waals surface area contributed by atoms with Crippen molar-refractivity contribution in [2.45, 2.75) is 26.8 Å². The Morgan fingerprint density at radius 3 is 2.78 bits per heavy atom. The molecule has 4 rings (SSSR count). The van der Waals surface area contributed by atoms with E-state index in [1.165, 1.54) is 10.9 Å². The van der Waals surface area contributed by atoms with Crippen molar-refractivity contribution in [2.24, 2.45) is 0 Å². The van der Waals surface area contributed by atoms with E-state index in [2.05, 4.69) is 23.0 Å². The number of hydrogen-bond donors (Lipinski definition) is 1. The van der Waals surface area contributed by atoms with Gasteiger partial charge in [-0.25, -0.2) is 9.78 Å². The van der Waals surface area contributed by atoms with E-state index in [0.29, 0.717) is 6.54 Å². The molecule has 5 nitrogen and oxygen atoms in total. The molecule has 0 fully saturated rings. The van der Waals surface area contributed by atoms with Gasteiger partial charge < -0.3 is 9.88 Å². The molecule has 0 unspecified atom stereocenters.